The van der Waals surface area contributed by atoms with Gasteiger partial charge in [-0.05, 0) is 30.9 Å². The first-order valence-electron chi connectivity index (χ1n) is 5.73. The third-order valence-corrected chi connectivity index (χ3v) is 3.25. The lowest BCUT2D eigenvalue weighted by Gasteiger charge is -2.12. The minimum Gasteiger partial charge on any atom is -0.493 e. The maximum absolute atomic E-state index is 9.56. The fourth-order valence-corrected chi connectivity index (χ4v) is 2.06. The van der Waals surface area contributed by atoms with Gasteiger partial charge in [0.15, 0.2) is 0 Å². The van der Waals surface area contributed by atoms with Crippen molar-refractivity contribution in [2.75, 3.05) is 18.1 Å². The monoisotopic (exact) mass is 240 g/mol. The van der Waals surface area contributed by atoms with Crippen molar-refractivity contribution in [1.82, 2.24) is 0 Å². The lowest BCUT2D eigenvalue weighted by molar-refractivity contribution is 0.191. The molecule has 0 aliphatic rings. The zero-order chi connectivity index (χ0) is 11.8. The van der Waals surface area contributed by atoms with Gasteiger partial charge in [-0.3, -0.25) is 0 Å². The number of benzene rings is 1. The molecule has 0 fully saturated rings. The molecule has 3 heteroatoms. The van der Waals surface area contributed by atoms with Crippen LogP contribution in [0.2, 0.25) is 0 Å². The first-order chi connectivity index (χ1) is 7.75. The number of thioether (sulfide) groups is 1. The van der Waals surface area contributed by atoms with Crippen LogP contribution >= 0.6 is 11.8 Å². The van der Waals surface area contributed by atoms with Crippen LogP contribution in [0.1, 0.15) is 31.9 Å². The Hall–Kier alpha value is -0.670. The predicted molar refractivity (Wildman–Crippen MR) is 70.2 cm³/mol. The topological polar surface area (TPSA) is 29.5 Å². The maximum Gasteiger partial charge on any atom is 0.125 e. The number of ether oxygens (including phenoxy) is 1. The van der Waals surface area contributed by atoms with E-state index in [1.54, 1.807) is 6.92 Å². The van der Waals surface area contributed by atoms with Gasteiger partial charge in [-0.15, -0.1) is 0 Å². The lowest BCUT2D eigenvalue weighted by atomic mass is 10.1. The molecule has 0 saturated heterocycles. The Bertz CT molecular complexity index is 300. The van der Waals surface area contributed by atoms with Crippen molar-refractivity contribution >= 4 is 11.8 Å². The molecule has 0 aliphatic heterocycles. The molecule has 1 unspecified atom stereocenters. The van der Waals surface area contributed by atoms with Crippen LogP contribution in [0.4, 0.5) is 0 Å². The Balaban J connectivity index is 2.41. The molecule has 0 aliphatic carbocycles. The second-order valence-electron chi connectivity index (χ2n) is 3.61. The van der Waals surface area contributed by atoms with Gasteiger partial charge >= 0.3 is 0 Å². The molecule has 0 saturated carbocycles. The molecule has 0 amide bonds. The van der Waals surface area contributed by atoms with E-state index in [2.05, 4.69) is 6.92 Å². The molecule has 0 radical (unpaired) electrons. The third-order valence-electron chi connectivity index (χ3n) is 2.26. The van der Waals surface area contributed by atoms with Crippen LogP contribution in [0, 0.1) is 0 Å². The summed E-state index contributed by atoms with van der Waals surface area (Å²) in [6, 6.07) is 7.67. The smallest absolute Gasteiger partial charge is 0.125 e. The van der Waals surface area contributed by atoms with Gasteiger partial charge in [-0.25, -0.2) is 0 Å². The van der Waals surface area contributed by atoms with Crippen LogP contribution in [0.5, 0.6) is 5.75 Å². The van der Waals surface area contributed by atoms with Crippen molar-refractivity contribution in [3.8, 4) is 5.75 Å². The zero-order valence-corrected chi connectivity index (χ0v) is 10.8. The highest BCUT2D eigenvalue weighted by atomic mass is 32.2. The second-order valence-corrected chi connectivity index (χ2v) is 5.01. The summed E-state index contributed by atoms with van der Waals surface area (Å²) in [6.45, 7) is 4.64. The van der Waals surface area contributed by atoms with Gasteiger partial charge in [0.2, 0.25) is 0 Å². The van der Waals surface area contributed by atoms with Crippen LogP contribution in [0.3, 0.4) is 0 Å². The molecular formula is C13H20O2S. The predicted octanol–water partition coefficient (Wildman–Crippen LogP) is 3.26. The minimum absolute atomic E-state index is 0.471. The van der Waals surface area contributed by atoms with Crippen LogP contribution in [-0.2, 0) is 0 Å². The van der Waals surface area contributed by atoms with E-state index in [-0.39, 0.29) is 0 Å². The van der Waals surface area contributed by atoms with E-state index in [0.717, 1.165) is 35.8 Å². The Morgan fingerprint density at radius 3 is 2.81 bits per heavy atom. The van der Waals surface area contributed by atoms with E-state index in [4.69, 9.17) is 4.74 Å². The standard InChI is InChI=1S/C13H20O2S/c1-3-16-10-6-9-15-13-8-5-4-7-12(13)11(2)14/h4-5,7-8,11,14H,3,6,9-10H2,1-2H3. The highest BCUT2D eigenvalue weighted by Crippen LogP contribution is 2.24. The molecule has 0 spiro atoms. The number of hydrogen-bond acceptors (Lipinski definition) is 3. The third kappa shape index (κ3) is 4.45. The summed E-state index contributed by atoms with van der Waals surface area (Å²) in [4.78, 5) is 0. The highest BCUT2D eigenvalue weighted by Gasteiger charge is 2.07. The number of aliphatic hydroxyl groups is 1. The molecular weight excluding hydrogens is 220 g/mol. The van der Waals surface area contributed by atoms with Crippen LogP contribution < -0.4 is 4.74 Å². The van der Waals surface area contributed by atoms with Gasteiger partial charge in [0.25, 0.3) is 0 Å². The van der Waals surface area contributed by atoms with E-state index in [9.17, 15) is 5.11 Å². The molecule has 2 nitrogen and oxygen atoms in total. The van der Waals surface area contributed by atoms with E-state index < -0.39 is 6.10 Å². The van der Waals surface area contributed by atoms with Crippen molar-refractivity contribution in [2.24, 2.45) is 0 Å². The summed E-state index contributed by atoms with van der Waals surface area (Å²) >= 11 is 1.92. The number of rotatable bonds is 7. The van der Waals surface area contributed by atoms with E-state index in [1.165, 1.54) is 0 Å². The molecule has 16 heavy (non-hydrogen) atoms. The molecule has 0 heterocycles. The average molecular weight is 240 g/mol. The summed E-state index contributed by atoms with van der Waals surface area (Å²) in [5.41, 5.74) is 0.866. The SMILES string of the molecule is CCSCCCOc1ccccc1C(C)O. The molecule has 1 atom stereocenters. The molecule has 1 aromatic carbocycles. The molecule has 0 bridgehead atoms. The van der Waals surface area contributed by atoms with Gasteiger partial charge in [-0.2, -0.15) is 11.8 Å². The molecule has 1 N–H and O–H groups in total. The first kappa shape index (κ1) is 13.4. The average Bonchev–Trinajstić information content (AvgIpc) is 2.29. The van der Waals surface area contributed by atoms with Crippen molar-refractivity contribution in [3.05, 3.63) is 29.8 Å². The largest absolute Gasteiger partial charge is 0.493 e. The fraction of sp³-hybridized carbons (Fsp3) is 0.538. The van der Waals surface area contributed by atoms with Crippen LogP contribution in [0.15, 0.2) is 24.3 Å². The summed E-state index contributed by atoms with van der Waals surface area (Å²) in [6.07, 6.45) is 0.577. The summed E-state index contributed by atoms with van der Waals surface area (Å²) in [5, 5.41) is 9.56. The molecule has 1 rings (SSSR count). The van der Waals surface area contributed by atoms with Gasteiger partial charge < -0.3 is 9.84 Å². The fourth-order valence-electron chi connectivity index (χ4n) is 1.44. The summed E-state index contributed by atoms with van der Waals surface area (Å²) < 4.78 is 5.67. The van der Waals surface area contributed by atoms with Crippen molar-refractivity contribution in [2.45, 2.75) is 26.4 Å². The second kappa shape index (κ2) is 7.58. The number of para-hydroxylation sites is 1. The van der Waals surface area contributed by atoms with Crippen molar-refractivity contribution < 1.29 is 9.84 Å². The Kier molecular flexibility index (Phi) is 6.34. The van der Waals surface area contributed by atoms with Crippen LogP contribution in [-0.4, -0.2) is 23.2 Å². The van der Waals surface area contributed by atoms with E-state index in [1.807, 2.05) is 36.0 Å². The minimum atomic E-state index is -0.471. The molecule has 0 aromatic heterocycles. The zero-order valence-electron chi connectivity index (χ0n) is 9.98. The van der Waals surface area contributed by atoms with Gasteiger partial charge in [-0.1, -0.05) is 25.1 Å². The van der Waals surface area contributed by atoms with Crippen molar-refractivity contribution in [3.63, 3.8) is 0 Å². The molecule has 90 valence electrons. The number of hydrogen-bond donors (Lipinski definition) is 1. The normalized spacial score (nSPS) is 12.4. The maximum atomic E-state index is 9.56. The van der Waals surface area contributed by atoms with Gasteiger partial charge in [0.05, 0.1) is 12.7 Å². The quantitative estimate of drug-likeness (QED) is 0.742. The Morgan fingerprint density at radius 1 is 1.38 bits per heavy atom. The van der Waals surface area contributed by atoms with E-state index in [0.29, 0.717) is 0 Å². The lowest BCUT2D eigenvalue weighted by Crippen LogP contribution is -2.03. The van der Waals surface area contributed by atoms with Gasteiger partial charge in [0.1, 0.15) is 5.75 Å². The first-order valence-corrected chi connectivity index (χ1v) is 6.88. The van der Waals surface area contributed by atoms with Crippen molar-refractivity contribution in [1.29, 1.82) is 0 Å². The van der Waals surface area contributed by atoms with Gasteiger partial charge in [0, 0.05) is 5.56 Å². The summed E-state index contributed by atoms with van der Waals surface area (Å²) in [5.74, 6) is 3.09. The Labute approximate surface area is 102 Å². The summed E-state index contributed by atoms with van der Waals surface area (Å²) in [7, 11) is 0. The molecule has 1 aromatic rings. The van der Waals surface area contributed by atoms with Crippen LogP contribution in [0.25, 0.3) is 0 Å². The number of aliphatic hydroxyl groups excluding tert-OH is 1. The highest BCUT2D eigenvalue weighted by molar-refractivity contribution is 7.99. The Morgan fingerprint density at radius 2 is 2.12 bits per heavy atom. The van der Waals surface area contributed by atoms with E-state index >= 15 is 0 Å².